The Morgan fingerprint density at radius 1 is 1.22 bits per heavy atom. The van der Waals surface area contributed by atoms with Gasteiger partial charge < -0.3 is 11.1 Å². The number of para-hydroxylation sites is 1. The van der Waals surface area contributed by atoms with Crippen molar-refractivity contribution in [2.45, 2.75) is 0 Å². The number of nitrogens with two attached hydrogens (primary N) is 1. The lowest BCUT2D eigenvalue weighted by Crippen LogP contribution is -1.99. The predicted octanol–water partition coefficient (Wildman–Crippen LogP) is 3.68. The van der Waals surface area contributed by atoms with Gasteiger partial charge in [-0.05, 0) is 30.3 Å². The molecule has 0 unspecified atom stereocenters. The van der Waals surface area contributed by atoms with Crippen molar-refractivity contribution in [1.82, 2.24) is 0 Å². The summed E-state index contributed by atoms with van der Waals surface area (Å²) in [5, 5.41) is 12.0. The van der Waals surface area contributed by atoms with E-state index in [1.165, 1.54) is 12.1 Å². The van der Waals surface area contributed by atoms with Crippen LogP contribution < -0.4 is 11.1 Å². The van der Waals surface area contributed by atoms with Crippen LogP contribution in [0.2, 0.25) is 5.02 Å². The van der Waals surface area contributed by atoms with Gasteiger partial charge in [-0.2, -0.15) is 5.26 Å². The highest BCUT2D eigenvalue weighted by atomic mass is 35.5. The second kappa shape index (κ2) is 4.94. The number of nitrogens with zero attached hydrogens (tertiary/aromatic N) is 1. The molecule has 0 heterocycles. The third kappa shape index (κ3) is 2.36. The molecule has 0 spiro atoms. The van der Waals surface area contributed by atoms with Crippen LogP contribution in [0, 0.1) is 17.1 Å². The molecule has 0 aromatic heterocycles. The van der Waals surface area contributed by atoms with Gasteiger partial charge in [-0.1, -0.05) is 17.7 Å². The lowest BCUT2D eigenvalue weighted by atomic mass is 10.2. The number of hydrogen-bond acceptors (Lipinski definition) is 3. The molecule has 18 heavy (non-hydrogen) atoms. The Balaban J connectivity index is 2.35. The Morgan fingerprint density at radius 2 is 2.00 bits per heavy atom. The molecule has 90 valence electrons. The minimum absolute atomic E-state index is 0.0259. The monoisotopic (exact) mass is 261 g/mol. The molecule has 0 atom stereocenters. The Hall–Kier alpha value is -2.25. The molecule has 0 saturated heterocycles. The van der Waals surface area contributed by atoms with Gasteiger partial charge in [0, 0.05) is 0 Å². The van der Waals surface area contributed by atoms with Gasteiger partial charge in [0.2, 0.25) is 0 Å². The van der Waals surface area contributed by atoms with Crippen LogP contribution in [0.1, 0.15) is 5.56 Å². The van der Waals surface area contributed by atoms with Crippen molar-refractivity contribution in [2.75, 3.05) is 11.1 Å². The van der Waals surface area contributed by atoms with E-state index < -0.39 is 5.82 Å². The highest BCUT2D eigenvalue weighted by molar-refractivity contribution is 6.33. The van der Waals surface area contributed by atoms with E-state index in [0.29, 0.717) is 22.0 Å². The summed E-state index contributed by atoms with van der Waals surface area (Å²) in [5.41, 5.74) is 7.08. The Labute approximate surface area is 109 Å². The molecule has 0 radical (unpaired) electrons. The van der Waals surface area contributed by atoms with Gasteiger partial charge in [0.1, 0.15) is 5.82 Å². The fraction of sp³-hybridized carbons (Fsp3) is 0. The smallest absolute Gasteiger partial charge is 0.148 e. The molecule has 2 rings (SSSR count). The van der Waals surface area contributed by atoms with Crippen LogP contribution in [0.5, 0.6) is 0 Å². The van der Waals surface area contributed by atoms with E-state index >= 15 is 0 Å². The highest BCUT2D eigenvalue weighted by Crippen LogP contribution is 2.30. The molecule has 0 fully saturated rings. The molecule has 2 aromatic carbocycles. The third-order valence-corrected chi connectivity index (χ3v) is 2.73. The van der Waals surface area contributed by atoms with Crippen molar-refractivity contribution in [2.24, 2.45) is 0 Å². The standard InChI is InChI=1S/C13H9ClFN3/c14-9-6-8(7-16)4-5-11(9)18-12-3-1-2-10(15)13(12)17/h1-6,18H,17H2. The maximum Gasteiger partial charge on any atom is 0.148 e. The molecule has 5 heteroatoms. The summed E-state index contributed by atoms with van der Waals surface area (Å²) >= 11 is 6.00. The number of nitrogens with one attached hydrogen (secondary N) is 1. The van der Waals surface area contributed by atoms with Crippen molar-refractivity contribution >= 4 is 28.7 Å². The largest absolute Gasteiger partial charge is 0.395 e. The van der Waals surface area contributed by atoms with E-state index in [0.717, 1.165) is 0 Å². The molecule has 3 N–H and O–H groups in total. The maximum absolute atomic E-state index is 13.3. The Morgan fingerprint density at radius 3 is 2.67 bits per heavy atom. The summed E-state index contributed by atoms with van der Waals surface area (Å²) in [4.78, 5) is 0. The predicted molar refractivity (Wildman–Crippen MR) is 70.3 cm³/mol. The van der Waals surface area contributed by atoms with Gasteiger partial charge in [-0.3, -0.25) is 0 Å². The number of hydrogen-bond donors (Lipinski definition) is 2. The molecule has 0 saturated carbocycles. The summed E-state index contributed by atoms with van der Waals surface area (Å²) in [6.07, 6.45) is 0. The molecule has 0 aliphatic rings. The first-order valence-electron chi connectivity index (χ1n) is 5.12. The van der Waals surface area contributed by atoms with E-state index in [1.54, 1.807) is 24.3 Å². The van der Waals surface area contributed by atoms with Crippen LogP contribution in [-0.4, -0.2) is 0 Å². The number of rotatable bonds is 2. The number of halogens is 2. The molecular formula is C13H9ClFN3. The minimum Gasteiger partial charge on any atom is -0.395 e. The van der Waals surface area contributed by atoms with Crippen LogP contribution in [0.3, 0.4) is 0 Å². The number of nitrogen functional groups attached to an aromatic ring is 1. The number of anilines is 3. The zero-order chi connectivity index (χ0) is 13.1. The molecule has 2 aromatic rings. The summed E-state index contributed by atoms with van der Waals surface area (Å²) in [6, 6.07) is 11.2. The van der Waals surface area contributed by atoms with Crippen LogP contribution in [0.4, 0.5) is 21.5 Å². The van der Waals surface area contributed by atoms with Gasteiger partial charge in [-0.25, -0.2) is 4.39 Å². The number of nitriles is 1. The maximum atomic E-state index is 13.3. The molecule has 0 aliphatic heterocycles. The number of benzene rings is 2. The summed E-state index contributed by atoms with van der Waals surface area (Å²) in [6.45, 7) is 0. The SMILES string of the molecule is N#Cc1ccc(Nc2cccc(F)c2N)c(Cl)c1. The van der Waals surface area contributed by atoms with E-state index in [9.17, 15) is 4.39 Å². The molecule has 0 amide bonds. The second-order valence-corrected chi connectivity index (χ2v) is 4.04. The zero-order valence-corrected chi connectivity index (χ0v) is 10.0. The van der Waals surface area contributed by atoms with E-state index in [1.807, 2.05) is 6.07 Å². The summed E-state index contributed by atoms with van der Waals surface area (Å²) < 4.78 is 13.3. The van der Waals surface area contributed by atoms with Crippen molar-refractivity contribution in [3.8, 4) is 6.07 Å². The fourth-order valence-electron chi connectivity index (χ4n) is 1.48. The fourth-order valence-corrected chi connectivity index (χ4v) is 1.70. The quantitative estimate of drug-likeness (QED) is 0.811. The minimum atomic E-state index is -0.496. The highest BCUT2D eigenvalue weighted by Gasteiger charge is 2.07. The first kappa shape index (κ1) is 12.2. The second-order valence-electron chi connectivity index (χ2n) is 3.63. The average Bonchev–Trinajstić information content (AvgIpc) is 2.37. The molecular weight excluding hydrogens is 253 g/mol. The van der Waals surface area contributed by atoms with Gasteiger partial charge in [0.05, 0.1) is 33.7 Å². The van der Waals surface area contributed by atoms with Crippen molar-refractivity contribution in [3.05, 3.63) is 52.8 Å². The van der Waals surface area contributed by atoms with Crippen molar-refractivity contribution in [1.29, 1.82) is 5.26 Å². The normalized spacial score (nSPS) is 9.83. The first-order valence-corrected chi connectivity index (χ1v) is 5.50. The molecule has 0 aliphatic carbocycles. The van der Waals surface area contributed by atoms with Gasteiger partial charge in [0.25, 0.3) is 0 Å². The van der Waals surface area contributed by atoms with Crippen molar-refractivity contribution in [3.63, 3.8) is 0 Å². The van der Waals surface area contributed by atoms with Gasteiger partial charge in [0.15, 0.2) is 0 Å². The van der Waals surface area contributed by atoms with E-state index in [4.69, 9.17) is 22.6 Å². The average molecular weight is 262 g/mol. The molecule has 3 nitrogen and oxygen atoms in total. The van der Waals surface area contributed by atoms with E-state index in [2.05, 4.69) is 5.32 Å². The molecule has 0 bridgehead atoms. The van der Waals surface area contributed by atoms with Crippen LogP contribution in [-0.2, 0) is 0 Å². The lowest BCUT2D eigenvalue weighted by Gasteiger charge is -2.11. The Bertz CT molecular complexity index is 635. The van der Waals surface area contributed by atoms with E-state index in [-0.39, 0.29) is 5.69 Å². The van der Waals surface area contributed by atoms with Crippen LogP contribution in [0.25, 0.3) is 0 Å². The zero-order valence-electron chi connectivity index (χ0n) is 9.24. The topological polar surface area (TPSA) is 61.8 Å². The van der Waals surface area contributed by atoms with Crippen molar-refractivity contribution < 1.29 is 4.39 Å². The third-order valence-electron chi connectivity index (χ3n) is 2.42. The van der Waals surface area contributed by atoms with Crippen LogP contribution in [0.15, 0.2) is 36.4 Å². The lowest BCUT2D eigenvalue weighted by molar-refractivity contribution is 0.633. The van der Waals surface area contributed by atoms with Gasteiger partial charge in [-0.15, -0.1) is 0 Å². The Kier molecular flexibility index (Phi) is 3.35. The summed E-state index contributed by atoms with van der Waals surface area (Å²) in [5.74, 6) is -0.496. The first-order chi connectivity index (χ1) is 8.61. The van der Waals surface area contributed by atoms with Gasteiger partial charge >= 0.3 is 0 Å². The van der Waals surface area contributed by atoms with Crippen LogP contribution >= 0.6 is 11.6 Å². The summed E-state index contributed by atoms with van der Waals surface area (Å²) in [7, 11) is 0.